The normalized spacial score (nSPS) is 14.8. The van der Waals surface area contributed by atoms with E-state index in [4.69, 9.17) is 9.40 Å². The maximum absolute atomic E-state index is 13.5. The predicted octanol–water partition coefficient (Wildman–Crippen LogP) is 5.63. The zero-order chi connectivity index (χ0) is 23.7. The minimum Gasteiger partial charge on any atom is -0.432 e. The second-order valence-electron chi connectivity index (χ2n) is 9.21. The summed E-state index contributed by atoms with van der Waals surface area (Å²) in [6, 6.07) is 8.43. The highest BCUT2D eigenvalue weighted by Crippen LogP contribution is 2.32. The molecule has 0 spiro atoms. The summed E-state index contributed by atoms with van der Waals surface area (Å²) in [6.45, 7) is 10.7. The highest BCUT2D eigenvalue weighted by molar-refractivity contribution is 5.79. The summed E-state index contributed by atoms with van der Waals surface area (Å²) < 4.78 is 20.9. The number of fused-ring (bicyclic) bond motifs is 1. The molecular formula is C26H29FN6O. The van der Waals surface area contributed by atoms with Crippen LogP contribution < -0.4 is 5.32 Å². The van der Waals surface area contributed by atoms with Crippen molar-refractivity contribution < 1.29 is 8.81 Å². The molecule has 176 valence electrons. The van der Waals surface area contributed by atoms with Crippen molar-refractivity contribution >= 4 is 11.8 Å². The number of piperidine rings is 1. The molecule has 1 aliphatic heterocycles. The first kappa shape index (κ1) is 22.1. The van der Waals surface area contributed by atoms with Gasteiger partial charge in [-0.05, 0) is 55.5 Å². The molecule has 8 heteroatoms. The lowest BCUT2D eigenvalue weighted by Gasteiger charge is -2.35. The molecular weight excluding hydrogens is 431 g/mol. The molecule has 0 atom stereocenters. The van der Waals surface area contributed by atoms with E-state index in [1.165, 1.54) is 17.8 Å². The Morgan fingerprint density at radius 2 is 1.94 bits per heavy atom. The van der Waals surface area contributed by atoms with Gasteiger partial charge in [-0.2, -0.15) is 4.98 Å². The number of nitrogens with one attached hydrogen (secondary N) is 1. The second kappa shape index (κ2) is 9.29. The van der Waals surface area contributed by atoms with Gasteiger partial charge in [-0.3, -0.25) is 4.40 Å². The summed E-state index contributed by atoms with van der Waals surface area (Å²) in [5, 5.41) is 3.51. The third-order valence-corrected chi connectivity index (χ3v) is 6.20. The molecule has 0 bridgehead atoms. The molecule has 1 aliphatic rings. The summed E-state index contributed by atoms with van der Waals surface area (Å²) in [5.74, 6) is 1.36. The number of hydrogen-bond donors (Lipinski definition) is 1. The van der Waals surface area contributed by atoms with Gasteiger partial charge in [-0.1, -0.05) is 20.4 Å². The molecule has 4 aromatic rings. The Kier molecular flexibility index (Phi) is 6.04. The lowest BCUT2D eigenvalue weighted by molar-refractivity contribution is 0.258. The van der Waals surface area contributed by atoms with Crippen LogP contribution in [0.3, 0.4) is 0 Å². The smallest absolute Gasteiger partial charge is 0.306 e. The van der Waals surface area contributed by atoms with Gasteiger partial charge >= 0.3 is 5.84 Å². The number of hydrogen-bond acceptors (Lipinski definition) is 6. The number of halogens is 1. The van der Waals surface area contributed by atoms with Gasteiger partial charge in [0, 0.05) is 42.8 Å². The van der Waals surface area contributed by atoms with Crippen molar-refractivity contribution in [3.63, 3.8) is 0 Å². The number of aromatic nitrogens is 4. The van der Waals surface area contributed by atoms with Gasteiger partial charge in [0.2, 0.25) is 5.95 Å². The first-order chi connectivity index (χ1) is 16.5. The van der Waals surface area contributed by atoms with E-state index in [0.717, 1.165) is 43.6 Å². The first-order valence-electron chi connectivity index (χ1n) is 11.7. The van der Waals surface area contributed by atoms with Crippen molar-refractivity contribution in [2.45, 2.75) is 39.2 Å². The Morgan fingerprint density at radius 1 is 1.18 bits per heavy atom. The van der Waals surface area contributed by atoms with Crippen LogP contribution in [0.25, 0.3) is 28.5 Å². The van der Waals surface area contributed by atoms with Crippen LogP contribution in [0.1, 0.15) is 33.1 Å². The highest BCUT2D eigenvalue weighted by Gasteiger charge is 2.23. The summed E-state index contributed by atoms with van der Waals surface area (Å²) in [7, 11) is 0. The van der Waals surface area contributed by atoms with Crippen LogP contribution in [0.5, 0.6) is 0 Å². The number of allylic oxidation sites excluding steroid dienone is 1. The van der Waals surface area contributed by atoms with E-state index in [-0.39, 0.29) is 5.82 Å². The van der Waals surface area contributed by atoms with Crippen LogP contribution in [0.4, 0.5) is 10.3 Å². The first-order valence-corrected chi connectivity index (χ1v) is 11.7. The Bertz CT molecular complexity index is 1280. The number of rotatable bonds is 7. The van der Waals surface area contributed by atoms with Gasteiger partial charge in [0.1, 0.15) is 23.5 Å². The highest BCUT2D eigenvalue weighted by atomic mass is 19.1. The molecule has 1 fully saturated rings. The van der Waals surface area contributed by atoms with Crippen LogP contribution in [0.2, 0.25) is 0 Å². The molecule has 34 heavy (non-hydrogen) atoms. The number of oxazole rings is 1. The van der Waals surface area contributed by atoms with E-state index in [1.54, 1.807) is 30.8 Å². The molecule has 7 nitrogen and oxygen atoms in total. The minimum atomic E-state index is -0.291. The molecule has 0 radical (unpaired) electrons. The van der Waals surface area contributed by atoms with Crippen molar-refractivity contribution in [1.82, 2.24) is 24.3 Å². The zero-order valence-corrected chi connectivity index (χ0v) is 19.5. The molecule has 0 aliphatic carbocycles. The Morgan fingerprint density at radius 3 is 2.68 bits per heavy atom. The van der Waals surface area contributed by atoms with Crippen LogP contribution >= 0.6 is 0 Å². The third kappa shape index (κ3) is 4.53. The van der Waals surface area contributed by atoms with Gasteiger partial charge < -0.3 is 14.6 Å². The Hall–Kier alpha value is -3.68. The zero-order valence-electron chi connectivity index (χ0n) is 19.5. The molecule has 3 aromatic heterocycles. The molecule has 5 rings (SSSR count). The fourth-order valence-electron chi connectivity index (χ4n) is 4.52. The molecule has 0 saturated carbocycles. The van der Waals surface area contributed by atoms with Crippen LogP contribution in [0, 0.1) is 11.7 Å². The summed E-state index contributed by atoms with van der Waals surface area (Å²) >= 11 is 0. The van der Waals surface area contributed by atoms with Crippen molar-refractivity contribution in [3.8, 4) is 22.6 Å². The maximum atomic E-state index is 13.5. The van der Waals surface area contributed by atoms with E-state index in [1.807, 2.05) is 10.5 Å². The molecule has 0 unspecified atom stereocenters. The molecule has 1 N–H and O–H groups in total. The molecule has 1 saturated heterocycles. The summed E-state index contributed by atoms with van der Waals surface area (Å²) in [5.41, 5.74) is 4.19. The molecule has 4 heterocycles. The van der Waals surface area contributed by atoms with Gasteiger partial charge in [0.15, 0.2) is 0 Å². The van der Waals surface area contributed by atoms with Gasteiger partial charge in [-0.15, -0.1) is 0 Å². The number of benzene rings is 1. The van der Waals surface area contributed by atoms with E-state index in [2.05, 4.69) is 40.6 Å². The fourth-order valence-corrected chi connectivity index (χ4v) is 4.52. The van der Waals surface area contributed by atoms with Crippen molar-refractivity contribution in [1.29, 1.82) is 0 Å². The summed E-state index contributed by atoms with van der Waals surface area (Å²) in [6.07, 6.45) is 8.18. The SMILES string of the molecule is C=C(CC(C)C)N1CCC(Nc2nccc(-c3c(-c4ccc(F)cc4)nc4occn34)n2)CC1. The largest absolute Gasteiger partial charge is 0.432 e. The van der Waals surface area contributed by atoms with Crippen LogP contribution in [-0.2, 0) is 0 Å². The van der Waals surface area contributed by atoms with Crippen molar-refractivity contribution in [2.24, 2.45) is 5.92 Å². The predicted molar refractivity (Wildman–Crippen MR) is 131 cm³/mol. The van der Waals surface area contributed by atoms with Crippen LogP contribution in [0.15, 0.2) is 65.7 Å². The number of likely N-dealkylation sites (tertiary alicyclic amines) is 1. The minimum absolute atomic E-state index is 0.291. The lowest BCUT2D eigenvalue weighted by atomic mass is 10.0. The Balaban J connectivity index is 1.36. The van der Waals surface area contributed by atoms with Gasteiger partial charge in [0.25, 0.3) is 0 Å². The van der Waals surface area contributed by atoms with E-state index in [9.17, 15) is 4.39 Å². The number of nitrogens with zero attached hydrogens (tertiary/aromatic N) is 5. The van der Waals surface area contributed by atoms with E-state index >= 15 is 0 Å². The topological polar surface area (TPSA) is 71.5 Å². The van der Waals surface area contributed by atoms with Gasteiger partial charge in [-0.25, -0.2) is 14.4 Å². The van der Waals surface area contributed by atoms with Crippen molar-refractivity contribution in [2.75, 3.05) is 18.4 Å². The third-order valence-electron chi connectivity index (χ3n) is 6.20. The lowest BCUT2D eigenvalue weighted by Crippen LogP contribution is -2.38. The number of anilines is 1. The van der Waals surface area contributed by atoms with Crippen LogP contribution in [-0.4, -0.2) is 43.4 Å². The van der Waals surface area contributed by atoms with Crippen molar-refractivity contribution in [3.05, 3.63) is 67.1 Å². The standard InChI is InChI=1S/C26H29FN6O/c1-17(2)16-18(3)32-12-9-21(10-13-32)29-25-28-11-8-22(30-25)24-23(19-4-6-20(27)7-5-19)31-26-33(24)14-15-34-26/h4-8,11,14-15,17,21H,3,9-10,12-13,16H2,1-2H3,(H,28,29,30). The molecule has 1 aromatic carbocycles. The van der Waals surface area contributed by atoms with E-state index in [0.29, 0.717) is 35.1 Å². The molecule has 0 amide bonds. The maximum Gasteiger partial charge on any atom is 0.306 e. The quantitative estimate of drug-likeness (QED) is 0.386. The fraction of sp³-hybridized carbons (Fsp3) is 0.346. The van der Waals surface area contributed by atoms with Gasteiger partial charge in [0.05, 0.1) is 5.69 Å². The summed E-state index contributed by atoms with van der Waals surface area (Å²) in [4.78, 5) is 16.3. The number of imidazole rings is 1. The average Bonchev–Trinajstić information content (AvgIpc) is 3.41. The Labute approximate surface area is 198 Å². The second-order valence-corrected chi connectivity index (χ2v) is 9.21. The average molecular weight is 461 g/mol. The monoisotopic (exact) mass is 460 g/mol. The van der Waals surface area contributed by atoms with E-state index < -0.39 is 0 Å².